The van der Waals surface area contributed by atoms with E-state index in [1.165, 1.54) is 19.3 Å². The molecule has 0 amide bonds. The second kappa shape index (κ2) is 7.84. The van der Waals surface area contributed by atoms with E-state index in [1.807, 2.05) is 14.0 Å². The van der Waals surface area contributed by atoms with Crippen molar-refractivity contribution in [2.75, 3.05) is 55.4 Å². The zero-order valence-corrected chi connectivity index (χ0v) is 12.4. The molecule has 1 aromatic heterocycles. The Hall–Kier alpha value is -1.63. The van der Waals surface area contributed by atoms with Gasteiger partial charge in [-0.15, -0.1) is 0 Å². The van der Waals surface area contributed by atoms with Crippen LogP contribution in [-0.4, -0.2) is 54.8 Å². The number of nitrogens with one attached hydrogen (secondary N) is 2. The number of piperidine rings is 1. The van der Waals surface area contributed by atoms with E-state index in [0.717, 1.165) is 25.6 Å². The average molecular weight is 280 g/mol. The molecule has 2 heterocycles. The fourth-order valence-electron chi connectivity index (χ4n) is 2.17. The highest BCUT2D eigenvalue weighted by Crippen LogP contribution is 2.18. The molecule has 1 aromatic rings. The molecular formula is C13H24N6O. The molecule has 0 atom stereocenters. The molecule has 2 N–H and O–H groups in total. The summed E-state index contributed by atoms with van der Waals surface area (Å²) in [6.07, 6.45) is 3.70. The molecule has 1 saturated heterocycles. The first kappa shape index (κ1) is 14.8. The smallest absolute Gasteiger partial charge is 0.231 e. The summed E-state index contributed by atoms with van der Waals surface area (Å²) in [4.78, 5) is 15.5. The van der Waals surface area contributed by atoms with E-state index < -0.39 is 0 Å². The summed E-state index contributed by atoms with van der Waals surface area (Å²) in [5, 5.41) is 6.17. The van der Waals surface area contributed by atoms with Gasteiger partial charge in [0.2, 0.25) is 17.8 Å². The molecule has 7 nitrogen and oxygen atoms in total. The van der Waals surface area contributed by atoms with E-state index in [9.17, 15) is 0 Å². The first-order valence-electron chi connectivity index (χ1n) is 7.34. The minimum absolute atomic E-state index is 0.597. The van der Waals surface area contributed by atoms with Crippen LogP contribution in [0, 0.1) is 0 Å². The van der Waals surface area contributed by atoms with Gasteiger partial charge in [0.25, 0.3) is 0 Å². The predicted molar refractivity (Wildman–Crippen MR) is 80.4 cm³/mol. The summed E-state index contributed by atoms with van der Waals surface area (Å²) in [7, 11) is 1.82. The van der Waals surface area contributed by atoms with Crippen molar-refractivity contribution < 1.29 is 4.74 Å². The van der Waals surface area contributed by atoms with Crippen LogP contribution < -0.4 is 15.5 Å². The zero-order chi connectivity index (χ0) is 14.2. The molecule has 0 saturated carbocycles. The van der Waals surface area contributed by atoms with Gasteiger partial charge in [-0.3, -0.25) is 0 Å². The van der Waals surface area contributed by atoms with Crippen molar-refractivity contribution in [3.63, 3.8) is 0 Å². The van der Waals surface area contributed by atoms with Crippen molar-refractivity contribution in [2.45, 2.75) is 26.2 Å². The molecule has 0 bridgehead atoms. The Morgan fingerprint density at radius 3 is 2.55 bits per heavy atom. The fourth-order valence-corrected chi connectivity index (χ4v) is 2.17. The molecule has 0 aliphatic carbocycles. The maximum Gasteiger partial charge on any atom is 0.231 e. The van der Waals surface area contributed by atoms with Gasteiger partial charge in [0.1, 0.15) is 0 Å². The fraction of sp³-hybridized carbons (Fsp3) is 0.769. The minimum atomic E-state index is 0.597. The molecule has 0 radical (unpaired) electrons. The van der Waals surface area contributed by atoms with Gasteiger partial charge in [-0.05, 0) is 26.2 Å². The first-order valence-corrected chi connectivity index (χ1v) is 7.34. The first-order chi connectivity index (χ1) is 9.83. The van der Waals surface area contributed by atoms with E-state index in [4.69, 9.17) is 4.74 Å². The lowest BCUT2D eigenvalue weighted by Gasteiger charge is -2.26. The van der Waals surface area contributed by atoms with Gasteiger partial charge in [-0.25, -0.2) is 0 Å². The second-order valence-corrected chi connectivity index (χ2v) is 4.70. The van der Waals surface area contributed by atoms with Crippen molar-refractivity contribution in [2.24, 2.45) is 0 Å². The van der Waals surface area contributed by atoms with E-state index >= 15 is 0 Å². The van der Waals surface area contributed by atoms with Crippen molar-refractivity contribution in [3.05, 3.63) is 0 Å². The number of hydrogen-bond donors (Lipinski definition) is 2. The summed E-state index contributed by atoms with van der Waals surface area (Å²) < 4.78 is 5.30. The van der Waals surface area contributed by atoms with Crippen molar-refractivity contribution >= 4 is 17.8 Å². The Kier molecular flexibility index (Phi) is 5.79. The number of anilines is 3. The molecule has 1 aliphatic rings. The lowest BCUT2D eigenvalue weighted by molar-refractivity contribution is 0.158. The van der Waals surface area contributed by atoms with Crippen LogP contribution in [0.15, 0.2) is 0 Å². The van der Waals surface area contributed by atoms with Crippen molar-refractivity contribution in [3.8, 4) is 0 Å². The van der Waals surface area contributed by atoms with Gasteiger partial charge in [0.15, 0.2) is 0 Å². The molecular weight excluding hydrogens is 256 g/mol. The molecule has 2 rings (SSSR count). The number of nitrogens with zero attached hydrogens (tertiary/aromatic N) is 4. The lowest BCUT2D eigenvalue weighted by Crippen LogP contribution is -2.31. The van der Waals surface area contributed by atoms with Gasteiger partial charge in [-0.2, -0.15) is 15.0 Å². The van der Waals surface area contributed by atoms with Crippen LogP contribution in [0.4, 0.5) is 17.8 Å². The van der Waals surface area contributed by atoms with Crippen LogP contribution in [-0.2, 0) is 4.74 Å². The summed E-state index contributed by atoms with van der Waals surface area (Å²) in [6, 6.07) is 0. The molecule has 1 aliphatic heterocycles. The number of aromatic nitrogens is 3. The van der Waals surface area contributed by atoms with Crippen LogP contribution in [0.2, 0.25) is 0 Å². The molecule has 112 valence electrons. The monoisotopic (exact) mass is 280 g/mol. The maximum atomic E-state index is 5.30. The Morgan fingerprint density at radius 2 is 1.85 bits per heavy atom. The minimum Gasteiger partial charge on any atom is -0.380 e. The third-order valence-corrected chi connectivity index (χ3v) is 3.22. The van der Waals surface area contributed by atoms with Gasteiger partial charge in [0.05, 0.1) is 6.61 Å². The summed E-state index contributed by atoms with van der Waals surface area (Å²) in [5.41, 5.74) is 0. The lowest BCUT2D eigenvalue weighted by atomic mass is 10.1. The van der Waals surface area contributed by atoms with Gasteiger partial charge >= 0.3 is 0 Å². The molecule has 0 aromatic carbocycles. The molecule has 0 spiro atoms. The van der Waals surface area contributed by atoms with Gasteiger partial charge in [-0.1, -0.05) is 0 Å². The average Bonchev–Trinajstić information content (AvgIpc) is 2.52. The Labute approximate surface area is 120 Å². The molecule has 7 heteroatoms. The predicted octanol–water partition coefficient (Wildman–Crippen LogP) is 1.35. The Morgan fingerprint density at radius 1 is 1.10 bits per heavy atom. The normalized spacial score (nSPS) is 15.2. The largest absolute Gasteiger partial charge is 0.380 e. The van der Waals surface area contributed by atoms with Crippen molar-refractivity contribution in [1.82, 2.24) is 15.0 Å². The Balaban J connectivity index is 2.03. The maximum absolute atomic E-state index is 5.30. The van der Waals surface area contributed by atoms with E-state index in [1.54, 1.807) is 0 Å². The second-order valence-electron chi connectivity index (χ2n) is 4.70. The summed E-state index contributed by atoms with van der Waals surface area (Å²) in [6.45, 7) is 6.09. The van der Waals surface area contributed by atoms with E-state index in [0.29, 0.717) is 25.0 Å². The quantitative estimate of drug-likeness (QED) is 0.730. The van der Waals surface area contributed by atoms with Crippen LogP contribution in [0.5, 0.6) is 0 Å². The highest BCUT2D eigenvalue weighted by Gasteiger charge is 2.15. The highest BCUT2D eigenvalue weighted by atomic mass is 16.5. The zero-order valence-electron chi connectivity index (χ0n) is 12.4. The summed E-state index contributed by atoms with van der Waals surface area (Å²) in [5.74, 6) is 1.95. The Bertz CT molecular complexity index is 408. The third-order valence-electron chi connectivity index (χ3n) is 3.22. The number of hydrogen-bond acceptors (Lipinski definition) is 7. The molecule has 20 heavy (non-hydrogen) atoms. The van der Waals surface area contributed by atoms with Gasteiger partial charge < -0.3 is 20.3 Å². The standard InChI is InChI=1S/C13H24N6O/c1-3-20-10-7-15-12-16-11(14-2)17-13(18-12)19-8-5-4-6-9-19/h3-10H2,1-2H3,(H2,14,15,16,17,18). The molecule has 1 fully saturated rings. The summed E-state index contributed by atoms with van der Waals surface area (Å²) >= 11 is 0. The van der Waals surface area contributed by atoms with Crippen LogP contribution >= 0.6 is 0 Å². The topological polar surface area (TPSA) is 75.2 Å². The van der Waals surface area contributed by atoms with E-state index in [-0.39, 0.29) is 0 Å². The highest BCUT2D eigenvalue weighted by molar-refractivity contribution is 5.43. The van der Waals surface area contributed by atoms with Crippen LogP contribution in [0.25, 0.3) is 0 Å². The SMILES string of the molecule is CCOCCNc1nc(NC)nc(N2CCCCC2)n1. The number of ether oxygens (including phenoxy) is 1. The third kappa shape index (κ3) is 4.19. The van der Waals surface area contributed by atoms with Crippen molar-refractivity contribution in [1.29, 1.82) is 0 Å². The molecule has 0 unspecified atom stereocenters. The number of rotatable bonds is 7. The van der Waals surface area contributed by atoms with E-state index in [2.05, 4.69) is 30.5 Å². The van der Waals surface area contributed by atoms with Crippen LogP contribution in [0.1, 0.15) is 26.2 Å². The van der Waals surface area contributed by atoms with Gasteiger partial charge in [0, 0.05) is 33.3 Å². The van der Waals surface area contributed by atoms with Crippen LogP contribution in [0.3, 0.4) is 0 Å².